The first kappa shape index (κ1) is 39.4. The highest BCUT2D eigenvalue weighted by molar-refractivity contribution is 5.95. The number of carbonyl (C=O) groups is 3. The van der Waals surface area contributed by atoms with Gasteiger partial charge in [0, 0.05) is 51.1 Å². The second-order valence-electron chi connectivity index (χ2n) is 14.7. The molecule has 1 aliphatic heterocycles. The molecule has 1 heterocycles. The summed E-state index contributed by atoms with van der Waals surface area (Å²) in [7, 11) is 5.18. The molecule has 0 spiro atoms. The zero-order valence-corrected chi connectivity index (χ0v) is 30.8. The van der Waals surface area contributed by atoms with Crippen LogP contribution in [0.25, 0.3) is 11.1 Å². The summed E-state index contributed by atoms with van der Waals surface area (Å²) in [6.07, 6.45) is 5.03. The number of likely N-dealkylation sites (tertiary alicyclic amines) is 1. The van der Waals surface area contributed by atoms with Crippen molar-refractivity contribution in [3.63, 3.8) is 0 Å². The van der Waals surface area contributed by atoms with E-state index in [1.807, 2.05) is 75.4 Å². The number of hydrogen-bond acceptors (Lipinski definition) is 5. The molecule has 1 unspecified atom stereocenters. The number of benzene rings is 3. The van der Waals surface area contributed by atoms with Crippen molar-refractivity contribution >= 4 is 17.7 Å². The number of nitrogens with zero attached hydrogens (tertiary/aromatic N) is 3. The van der Waals surface area contributed by atoms with Crippen LogP contribution in [0.1, 0.15) is 57.6 Å². The Kier molecular flexibility index (Phi) is 13.7. The Morgan fingerprint density at radius 2 is 1.55 bits per heavy atom. The van der Waals surface area contributed by atoms with Crippen molar-refractivity contribution in [1.82, 2.24) is 20.0 Å². The highest BCUT2D eigenvalue weighted by Crippen LogP contribution is 2.23. The monoisotopic (exact) mass is 701 g/mol. The van der Waals surface area contributed by atoms with E-state index in [-0.39, 0.29) is 18.7 Å². The van der Waals surface area contributed by atoms with E-state index in [2.05, 4.69) is 17.3 Å². The van der Waals surface area contributed by atoms with Crippen molar-refractivity contribution < 1.29 is 23.2 Å². The highest BCUT2D eigenvalue weighted by atomic mass is 19.2. The average Bonchev–Trinajstić information content (AvgIpc) is 3.50. The molecule has 10 heteroatoms. The van der Waals surface area contributed by atoms with Crippen molar-refractivity contribution in [2.75, 3.05) is 34.2 Å². The number of likely N-dealkylation sites (N-methyl/N-ethyl adjacent to an activating group) is 2. The van der Waals surface area contributed by atoms with Gasteiger partial charge in [0.2, 0.25) is 17.7 Å². The van der Waals surface area contributed by atoms with Crippen molar-refractivity contribution in [2.24, 2.45) is 5.73 Å². The number of nitrogens with two attached hydrogens (primary N) is 1. The van der Waals surface area contributed by atoms with E-state index < -0.39 is 41.1 Å². The second kappa shape index (κ2) is 17.7. The molecule has 0 bridgehead atoms. The smallest absolute Gasteiger partial charge is 0.246 e. The maximum Gasteiger partial charge on any atom is 0.246 e. The summed E-state index contributed by atoms with van der Waals surface area (Å²) in [5, 5.41) is 2.99. The maximum atomic E-state index is 14.6. The van der Waals surface area contributed by atoms with Gasteiger partial charge in [0.05, 0.1) is 0 Å². The minimum atomic E-state index is -1.05. The van der Waals surface area contributed by atoms with Crippen LogP contribution in [0.5, 0.6) is 0 Å². The third-order valence-electron chi connectivity index (χ3n) is 9.67. The number of nitrogens with one attached hydrogen (secondary N) is 1. The third kappa shape index (κ3) is 11.3. The van der Waals surface area contributed by atoms with Crippen molar-refractivity contribution in [1.29, 1.82) is 0 Å². The first-order chi connectivity index (χ1) is 24.1. The number of rotatable bonds is 15. The van der Waals surface area contributed by atoms with E-state index >= 15 is 0 Å². The molecule has 1 saturated heterocycles. The minimum Gasteiger partial charge on any atom is -0.354 e. The molecule has 4 rings (SSSR count). The van der Waals surface area contributed by atoms with Gasteiger partial charge in [-0.05, 0) is 94.4 Å². The van der Waals surface area contributed by atoms with Crippen molar-refractivity contribution in [2.45, 2.75) is 83.0 Å². The van der Waals surface area contributed by atoms with Gasteiger partial charge in [-0.3, -0.25) is 14.4 Å². The van der Waals surface area contributed by atoms with Gasteiger partial charge in [-0.2, -0.15) is 0 Å². The van der Waals surface area contributed by atoms with Gasteiger partial charge in [-0.1, -0.05) is 66.2 Å². The summed E-state index contributed by atoms with van der Waals surface area (Å²) in [4.78, 5) is 47.1. The predicted octanol–water partition coefficient (Wildman–Crippen LogP) is 5.75. The van der Waals surface area contributed by atoms with E-state index in [1.165, 1.54) is 29.0 Å². The van der Waals surface area contributed by atoms with Crippen LogP contribution in [-0.4, -0.2) is 90.3 Å². The minimum absolute atomic E-state index is 0.0463. The van der Waals surface area contributed by atoms with Gasteiger partial charge in [0.15, 0.2) is 11.6 Å². The van der Waals surface area contributed by atoms with Crippen LogP contribution in [0.15, 0.2) is 84.4 Å². The number of amides is 3. The van der Waals surface area contributed by atoms with Crippen LogP contribution in [0.4, 0.5) is 8.78 Å². The highest BCUT2D eigenvalue weighted by Gasteiger charge is 2.35. The number of halogens is 2. The SMILES string of the molecule is CC(=CC(=O)N(C)[C@H](Cc1ccc(-c2ccccc2)cc1)C(=O)N(C)[C@H](Cc1ccc(F)c(F)c1)C(=O)NCCC1CCCN1C)CC(C)(C)N. The molecule has 0 aliphatic carbocycles. The summed E-state index contributed by atoms with van der Waals surface area (Å²) in [6.45, 7) is 7.00. The largest absolute Gasteiger partial charge is 0.354 e. The van der Waals surface area contributed by atoms with Gasteiger partial charge < -0.3 is 25.8 Å². The quantitative estimate of drug-likeness (QED) is 0.197. The fourth-order valence-corrected chi connectivity index (χ4v) is 6.82. The van der Waals surface area contributed by atoms with Crippen LogP contribution in [0, 0.1) is 11.6 Å². The van der Waals surface area contributed by atoms with E-state index in [9.17, 15) is 23.2 Å². The van der Waals surface area contributed by atoms with Gasteiger partial charge in [0.1, 0.15) is 12.1 Å². The summed E-state index contributed by atoms with van der Waals surface area (Å²) in [5.74, 6) is -3.26. The molecule has 0 saturated carbocycles. The Morgan fingerprint density at radius 1 is 0.922 bits per heavy atom. The maximum absolute atomic E-state index is 14.6. The second-order valence-corrected chi connectivity index (χ2v) is 14.7. The van der Waals surface area contributed by atoms with Crippen molar-refractivity contribution in [3.8, 4) is 11.1 Å². The van der Waals surface area contributed by atoms with E-state index in [0.717, 1.165) is 60.2 Å². The number of carbonyl (C=O) groups excluding carboxylic acids is 3. The van der Waals surface area contributed by atoms with Crippen LogP contribution in [-0.2, 0) is 27.2 Å². The molecule has 0 radical (unpaired) electrons. The molecule has 0 aromatic heterocycles. The first-order valence-electron chi connectivity index (χ1n) is 17.7. The van der Waals surface area contributed by atoms with E-state index in [1.54, 1.807) is 7.05 Å². The summed E-state index contributed by atoms with van der Waals surface area (Å²) in [6, 6.07) is 19.6. The molecular weight excluding hydrogens is 648 g/mol. The van der Waals surface area contributed by atoms with E-state index in [0.29, 0.717) is 24.6 Å². The summed E-state index contributed by atoms with van der Waals surface area (Å²) >= 11 is 0. The standard InChI is InChI=1S/C41H53F2N5O3/c1-28(27-41(2,3)44)23-38(49)47(5)37(25-29-14-17-32(18-15-29)31-11-8-7-9-12-31)40(51)48(6)36(26-30-16-19-34(42)35(43)24-30)39(50)45-21-20-33-13-10-22-46(33)4/h7-9,11-12,14-19,23-24,33,36-37H,10,13,20-22,25-27,44H2,1-6H3,(H,45,50)/t33?,36-,37-/m1/s1. The van der Waals surface area contributed by atoms with Crippen LogP contribution >= 0.6 is 0 Å². The lowest BCUT2D eigenvalue weighted by atomic mass is 9.96. The van der Waals surface area contributed by atoms with Crippen molar-refractivity contribution in [3.05, 3.63) is 107 Å². The Hall–Kier alpha value is -4.41. The molecule has 274 valence electrons. The fraction of sp³-hybridized carbons (Fsp3) is 0.439. The Labute approximate surface area is 301 Å². The molecule has 3 aromatic rings. The third-order valence-corrected chi connectivity index (χ3v) is 9.67. The molecular formula is C41H53F2N5O3. The summed E-state index contributed by atoms with van der Waals surface area (Å²) < 4.78 is 28.1. The average molecular weight is 702 g/mol. The molecule has 3 aromatic carbocycles. The molecule has 1 aliphatic rings. The van der Waals surface area contributed by atoms with Gasteiger partial charge in [-0.15, -0.1) is 0 Å². The zero-order valence-electron chi connectivity index (χ0n) is 30.8. The van der Waals surface area contributed by atoms with Gasteiger partial charge >= 0.3 is 0 Å². The van der Waals surface area contributed by atoms with Gasteiger partial charge in [0.25, 0.3) is 0 Å². The molecule has 3 atom stereocenters. The Morgan fingerprint density at radius 3 is 2.16 bits per heavy atom. The molecule has 8 nitrogen and oxygen atoms in total. The lowest BCUT2D eigenvalue weighted by Gasteiger charge is -2.34. The number of hydrogen-bond donors (Lipinski definition) is 2. The normalized spacial score (nSPS) is 16.4. The Balaban J connectivity index is 1.63. The molecule has 3 N–H and O–H groups in total. The lowest BCUT2D eigenvalue weighted by Crippen LogP contribution is -2.56. The van der Waals surface area contributed by atoms with Crippen LogP contribution in [0.2, 0.25) is 0 Å². The molecule has 1 fully saturated rings. The zero-order chi connectivity index (χ0) is 37.3. The predicted molar refractivity (Wildman–Crippen MR) is 199 cm³/mol. The van der Waals surface area contributed by atoms with E-state index in [4.69, 9.17) is 5.73 Å². The topological polar surface area (TPSA) is 99.0 Å². The fourth-order valence-electron chi connectivity index (χ4n) is 6.82. The first-order valence-corrected chi connectivity index (χ1v) is 17.7. The van der Waals surface area contributed by atoms with Crippen LogP contribution < -0.4 is 11.1 Å². The summed E-state index contributed by atoms with van der Waals surface area (Å²) in [5.41, 5.74) is 9.71. The van der Waals surface area contributed by atoms with Gasteiger partial charge in [-0.25, -0.2) is 8.78 Å². The lowest BCUT2D eigenvalue weighted by molar-refractivity contribution is -0.146. The Bertz CT molecular complexity index is 1670. The van der Waals surface area contributed by atoms with Crippen LogP contribution in [0.3, 0.4) is 0 Å². The molecule has 3 amide bonds. The molecule has 51 heavy (non-hydrogen) atoms.